The minimum absolute atomic E-state index is 0.0667. The normalized spacial score (nSPS) is 11.9. The lowest BCUT2D eigenvalue weighted by Crippen LogP contribution is -2.27. The van der Waals surface area contributed by atoms with Crippen LogP contribution in [0.5, 0.6) is 11.5 Å². The fourth-order valence-corrected chi connectivity index (χ4v) is 1.66. The molecule has 94 valence electrons. The van der Waals surface area contributed by atoms with Crippen LogP contribution in [0, 0.1) is 0 Å². The molecule has 1 rings (SSSR count). The number of nitrogens with one attached hydrogen (secondary N) is 1. The Morgan fingerprint density at radius 2 is 1.88 bits per heavy atom. The van der Waals surface area contributed by atoms with E-state index < -0.39 is 0 Å². The van der Waals surface area contributed by atoms with Gasteiger partial charge < -0.3 is 9.47 Å². The number of hydrogen-bond acceptors (Lipinski definition) is 4. The highest BCUT2D eigenvalue weighted by Gasteiger charge is 2.11. The first-order chi connectivity index (χ1) is 8.24. The zero-order chi connectivity index (χ0) is 12.7. The van der Waals surface area contributed by atoms with Crippen LogP contribution in [0.2, 0.25) is 0 Å². The molecule has 0 radical (unpaired) electrons. The van der Waals surface area contributed by atoms with Crippen molar-refractivity contribution >= 4 is 0 Å². The van der Waals surface area contributed by atoms with Crippen LogP contribution >= 0.6 is 0 Å². The Bertz CT molecular complexity index is 344. The van der Waals surface area contributed by atoms with Crippen LogP contribution < -0.4 is 20.7 Å². The van der Waals surface area contributed by atoms with Gasteiger partial charge in [0.15, 0.2) is 0 Å². The maximum atomic E-state index is 5.56. The van der Waals surface area contributed by atoms with Gasteiger partial charge in [-0.15, -0.1) is 6.58 Å². The minimum atomic E-state index is 0.0667. The standard InChI is InChI=1S/C13H20N2O2/c1-4-5-6-13(15-14)10-7-11(16-2)9-12(8-10)17-3/h4,7-9,13,15H,1,5-6,14H2,2-3H3. The Morgan fingerprint density at radius 3 is 2.29 bits per heavy atom. The van der Waals surface area contributed by atoms with Gasteiger partial charge in [-0.2, -0.15) is 0 Å². The van der Waals surface area contributed by atoms with E-state index in [-0.39, 0.29) is 6.04 Å². The SMILES string of the molecule is C=CCCC(NN)c1cc(OC)cc(OC)c1. The second kappa shape index (κ2) is 6.93. The number of ether oxygens (including phenoxy) is 2. The molecule has 0 saturated heterocycles. The molecule has 1 aromatic carbocycles. The molecular formula is C13H20N2O2. The molecule has 3 N–H and O–H groups in total. The van der Waals surface area contributed by atoms with Gasteiger partial charge in [-0.25, -0.2) is 0 Å². The predicted molar refractivity (Wildman–Crippen MR) is 69.0 cm³/mol. The molecule has 17 heavy (non-hydrogen) atoms. The van der Waals surface area contributed by atoms with Gasteiger partial charge in [-0.3, -0.25) is 11.3 Å². The fraction of sp³-hybridized carbons (Fsp3) is 0.385. The highest BCUT2D eigenvalue weighted by Crippen LogP contribution is 2.28. The van der Waals surface area contributed by atoms with Crippen molar-refractivity contribution in [3.63, 3.8) is 0 Å². The molecule has 0 fully saturated rings. The molecule has 0 heterocycles. The van der Waals surface area contributed by atoms with Crippen molar-refractivity contribution in [1.82, 2.24) is 5.43 Å². The van der Waals surface area contributed by atoms with Crippen LogP contribution in [0.4, 0.5) is 0 Å². The van der Waals surface area contributed by atoms with Crippen molar-refractivity contribution < 1.29 is 9.47 Å². The highest BCUT2D eigenvalue weighted by molar-refractivity contribution is 5.39. The third kappa shape index (κ3) is 3.76. The second-order valence-corrected chi connectivity index (χ2v) is 3.73. The van der Waals surface area contributed by atoms with Crippen LogP contribution in [-0.4, -0.2) is 14.2 Å². The average Bonchev–Trinajstić information content (AvgIpc) is 2.39. The number of hydrazine groups is 1. The molecule has 0 saturated carbocycles. The number of rotatable bonds is 7. The maximum absolute atomic E-state index is 5.56. The third-order valence-electron chi connectivity index (χ3n) is 2.64. The molecule has 4 nitrogen and oxygen atoms in total. The summed E-state index contributed by atoms with van der Waals surface area (Å²) in [7, 11) is 3.26. The molecule has 0 amide bonds. The third-order valence-corrected chi connectivity index (χ3v) is 2.64. The Morgan fingerprint density at radius 1 is 1.29 bits per heavy atom. The van der Waals surface area contributed by atoms with Gasteiger partial charge in [0.05, 0.1) is 14.2 Å². The molecule has 0 bridgehead atoms. The summed E-state index contributed by atoms with van der Waals surface area (Å²) in [5.74, 6) is 7.09. The van der Waals surface area contributed by atoms with Crippen molar-refractivity contribution in [3.8, 4) is 11.5 Å². The molecule has 1 aromatic rings. The molecule has 1 atom stereocenters. The summed E-state index contributed by atoms with van der Waals surface area (Å²) >= 11 is 0. The molecule has 0 aliphatic carbocycles. The van der Waals surface area contributed by atoms with E-state index in [1.807, 2.05) is 24.3 Å². The lowest BCUT2D eigenvalue weighted by Gasteiger charge is -2.17. The molecule has 0 aliphatic heterocycles. The van der Waals surface area contributed by atoms with E-state index in [4.69, 9.17) is 15.3 Å². The summed E-state index contributed by atoms with van der Waals surface area (Å²) in [6.45, 7) is 3.71. The fourth-order valence-electron chi connectivity index (χ4n) is 1.66. The van der Waals surface area contributed by atoms with Gasteiger partial charge in [-0.1, -0.05) is 6.08 Å². The van der Waals surface area contributed by atoms with E-state index in [0.717, 1.165) is 29.9 Å². The van der Waals surface area contributed by atoms with Gasteiger partial charge in [-0.05, 0) is 30.5 Å². The highest BCUT2D eigenvalue weighted by atomic mass is 16.5. The zero-order valence-electron chi connectivity index (χ0n) is 10.4. The van der Waals surface area contributed by atoms with E-state index >= 15 is 0 Å². The summed E-state index contributed by atoms with van der Waals surface area (Å²) in [5.41, 5.74) is 3.84. The number of hydrogen-bond donors (Lipinski definition) is 2. The average molecular weight is 236 g/mol. The number of methoxy groups -OCH3 is 2. The smallest absolute Gasteiger partial charge is 0.122 e. The Balaban J connectivity index is 2.96. The van der Waals surface area contributed by atoms with Gasteiger partial charge in [0.25, 0.3) is 0 Å². The lowest BCUT2D eigenvalue weighted by molar-refractivity contribution is 0.391. The summed E-state index contributed by atoms with van der Waals surface area (Å²) in [6, 6.07) is 5.81. The largest absolute Gasteiger partial charge is 0.497 e. The lowest BCUT2D eigenvalue weighted by atomic mass is 10.0. The molecule has 0 aromatic heterocycles. The van der Waals surface area contributed by atoms with E-state index in [0.29, 0.717) is 0 Å². The quantitative estimate of drug-likeness (QED) is 0.433. The Kier molecular flexibility index (Phi) is 5.52. The van der Waals surface area contributed by atoms with E-state index in [2.05, 4.69) is 12.0 Å². The zero-order valence-corrected chi connectivity index (χ0v) is 10.4. The van der Waals surface area contributed by atoms with Crippen LogP contribution in [0.25, 0.3) is 0 Å². The molecule has 0 spiro atoms. The van der Waals surface area contributed by atoms with Gasteiger partial charge in [0.1, 0.15) is 11.5 Å². The first kappa shape index (κ1) is 13.5. The first-order valence-electron chi connectivity index (χ1n) is 5.55. The van der Waals surface area contributed by atoms with E-state index in [1.165, 1.54) is 0 Å². The van der Waals surface area contributed by atoms with Crippen molar-refractivity contribution in [1.29, 1.82) is 0 Å². The molecule has 1 unspecified atom stereocenters. The maximum Gasteiger partial charge on any atom is 0.122 e. The van der Waals surface area contributed by atoms with E-state index in [1.54, 1.807) is 14.2 Å². The van der Waals surface area contributed by atoms with Crippen LogP contribution in [0.15, 0.2) is 30.9 Å². The second-order valence-electron chi connectivity index (χ2n) is 3.73. The number of benzene rings is 1. The van der Waals surface area contributed by atoms with Crippen LogP contribution in [-0.2, 0) is 0 Å². The molecule has 4 heteroatoms. The number of allylic oxidation sites excluding steroid dienone is 1. The summed E-state index contributed by atoms with van der Waals surface area (Å²) in [4.78, 5) is 0. The Hall–Kier alpha value is -1.52. The minimum Gasteiger partial charge on any atom is -0.497 e. The Labute approximate surface area is 102 Å². The molecular weight excluding hydrogens is 216 g/mol. The van der Waals surface area contributed by atoms with Gasteiger partial charge in [0, 0.05) is 12.1 Å². The number of nitrogens with two attached hydrogens (primary N) is 1. The summed E-state index contributed by atoms with van der Waals surface area (Å²) in [5, 5.41) is 0. The van der Waals surface area contributed by atoms with Gasteiger partial charge in [0.2, 0.25) is 0 Å². The molecule has 0 aliphatic rings. The monoisotopic (exact) mass is 236 g/mol. The van der Waals surface area contributed by atoms with E-state index in [9.17, 15) is 0 Å². The first-order valence-corrected chi connectivity index (χ1v) is 5.55. The van der Waals surface area contributed by atoms with Gasteiger partial charge >= 0.3 is 0 Å². The summed E-state index contributed by atoms with van der Waals surface area (Å²) in [6.07, 6.45) is 3.66. The van der Waals surface area contributed by atoms with Crippen LogP contribution in [0.3, 0.4) is 0 Å². The summed E-state index contributed by atoms with van der Waals surface area (Å²) < 4.78 is 10.5. The predicted octanol–water partition coefficient (Wildman–Crippen LogP) is 2.17. The van der Waals surface area contributed by atoms with Crippen molar-refractivity contribution in [2.45, 2.75) is 18.9 Å². The van der Waals surface area contributed by atoms with Crippen molar-refractivity contribution in [2.24, 2.45) is 5.84 Å². The van der Waals surface area contributed by atoms with Crippen molar-refractivity contribution in [3.05, 3.63) is 36.4 Å². The van der Waals surface area contributed by atoms with Crippen LogP contribution in [0.1, 0.15) is 24.4 Å². The van der Waals surface area contributed by atoms with Crippen molar-refractivity contribution in [2.75, 3.05) is 14.2 Å². The topological polar surface area (TPSA) is 56.5 Å².